The van der Waals surface area contributed by atoms with Crippen LogP contribution in [0.5, 0.6) is 0 Å². The maximum Gasteiger partial charge on any atom is 0.325 e. The molecule has 198 valence electrons. The van der Waals surface area contributed by atoms with Crippen LogP contribution < -0.4 is 10.4 Å². The predicted octanol–water partition coefficient (Wildman–Crippen LogP) is 4.48. The zero-order chi connectivity index (χ0) is 26.1. The average molecular weight is 517 g/mol. The summed E-state index contributed by atoms with van der Waals surface area (Å²) in [5.41, 5.74) is 6.25. The van der Waals surface area contributed by atoms with Gasteiger partial charge in [-0.3, -0.25) is 9.80 Å². The van der Waals surface area contributed by atoms with Gasteiger partial charge in [0.15, 0.2) is 12.1 Å². The van der Waals surface area contributed by atoms with Crippen molar-refractivity contribution in [3.63, 3.8) is 0 Å². The average Bonchev–Trinajstić information content (AvgIpc) is 3.56. The Morgan fingerprint density at radius 3 is 2.11 bits per heavy atom. The molecule has 0 radical (unpaired) electrons. The van der Waals surface area contributed by atoms with Crippen LogP contribution in [0.3, 0.4) is 0 Å². The molecule has 0 aromatic heterocycles. The molecule has 38 heavy (non-hydrogen) atoms. The van der Waals surface area contributed by atoms with Crippen molar-refractivity contribution in [1.29, 1.82) is 0 Å². The van der Waals surface area contributed by atoms with Gasteiger partial charge in [0, 0.05) is 6.42 Å². The summed E-state index contributed by atoms with van der Waals surface area (Å²) in [4.78, 5) is 13.1. The van der Waals surface area contributed by atoms with Crippen molar-refractivity contribution in [2.45, 2.75) is 69.4 Å². The third-order valence-electron chi connectivity index (χ3n) is 7.01. The van der Waals surface area contributed by atoms with E-state index in [1.807, 2.05) is 110 Å². The summed E-state index contributed by atoms with van der Waals surface area (Å²) in [5.74, 6) is -1.12. The third kappa shape index (κ3) is 5.18. The predicted molar refractivity (Wildman–Crippen MR) is 140 cm³/mol. The minimum absolute atomic E-state index is 0.337. The molecule has 3 saturated heterocycles. The lowest BCUT2D eigenvalue weighted by molar-refractivity contribution is -0.230. The van der Waals surface area contributed by atoms with E-state index in [4.69, 9.17) is 23.7 Å². The molecule has 3 heterocycles. The molecule has 6 rings (SSSR count). The highest BCUT2D eigenvalue weighted by atomic mass is 16.8. The molecule has 0 amide bonds. The largest absolute Gasteiger partial charge is 0.458 e. The first-order chi connectivity index (χ1) is 18.5. The number of rotatable bonds is 8. The van der Waals surface area contributed by atoms with Gasteiger partial charge in [0.05, 0.1) is 18.0 Å². The lowest BCUT2D eigenvalue weighted by Gasteiger charge is -2.29. The Kier molecular flexibility index (Phi) is 6.90. The highest BCUT2D eigenvalue weighted by Crippen LogP contribution is 2.42. The second-order valence-electron chi connectivity index (χ2n) is 10.2. The van der Waals surface area contributed by atoms with E-state index in [1.54, 1.807) is 0 Å². The molecule has 0 aliphatic carbocycles. The van der Waals surface area contributed by atoms with Gasteiger partial charge < -0.3 is 23.7 Å². The number of hydrazine groups is 1. The summed E-state index contributed by atoms with van der Waals surface area (Å²) in [6, 6.07) is 29.1. The van der Waals surface area contributed by atoms with E-state index in [0.29, 0.717) is 13.0 Å². The van der Waals surface area contributed by atoms with Crippen LogP contribution >= 0.6 is 0 Å². The Morgan fingerprint density at radius 1 is 0.868 bits per heavy atom. The van der Waals surface area contributed by atoms with Crippen molar-refractivity contribution in [3.8, 4) is 0 Å². The number of carbonyl (C=O) groups is 1. The first-order valence-corrected chi connectivity index (χ1v) is 13.0. The summed E-state index contributed by atoms with van der Waals surface area (Å²) in [5, 5.41) is 1.91. The molecule has 3 aliphatic rings. The number of nitrogens with one attached hydrogen (secondary N) is 1. The number of para-hydroxylation sites is 2. The molecule has 3 aromatic rings. The molecule has 1 unspecified atom stereocenters. The smallest absolute Gasteiger partial charge is 0.325 e. The molecule has 8 heteroatoms. The van der Waals surface area contributed by atoms with Crippen molar-refractivity contribution in [2.24, 2.45) is 0 Å². The van der Waals surface area contributed by atoms with Crippen molar-refractivity contribution in [2.75, 3.05) is 5.01 Å². The first kappa shape index (κ1) is 25.0. The number of ether oxygens (including phenoxy) is 5. The summed E-state index contributed by atoms with van der Waals surface area (Å²) >= 11 is 0. The van der Waals surface area contributed by atoms with Crippen LogP contribution in [0.2, 0.25) is 0 Å². The summed E-state index contributed by atoms with van der Waals surface area (Å²) in [6.07, 6.45) is -2.11. The monoisotopic (exact) mass is 516 g/mol. The molecule has 8 nitrogen and oxygen atoms in total. The van der Waals surface area contributed by atoms with Gasteiger partial charge in [-0.15, -0.1) is 0 Å². The summed E-state index contributed by atoms with van der Waals surface area (Å²) in [7, 11) is 0. The molecule has 3 fully saturated rings. The van der Waals surface area contributed by atoms with Gasteiger partial charge in [0.2, 0.25) is 0 Å². The fraction of sp³-hybridized carbons (Fsp3) is 0.367. The normalized spacial score (nSPS) is 29.7. The van der Waals surface area contributed by atoms with E-state index < -0.39 is 42.5 Å². The Labute approximate surface area is 222 Å². The SMILES string of the molecule is CC1(C)O[C@H]2O[C@H]([C@@H]3CC(NN(c4ccccc4)c4ccccc4)C(=O)O3)[C@H](OCc3ccccc3)[C@H]2O1. The number of esters is 1. The van der Waals surface area contributed by atoms with Crippen molar-refractivity contribution in [3.05, 3.63) is 96.6 Å². The zero-order valence-electron chi connectivity index (χ0n) is 21.4. The van der Waals surface area contributed by atoms with Crippen LogP contribution in [0.1, 0.15) is 25.8 Å². The second-order valence-corrected chi connectivity index (χ2v) is 10.2. The van der Waals surface area contributed by atoms with Gasteiger partial charge in [-0.25, -0.2) is 5.43 Å². The minimum Gasteiger partial charge on any atom is -0.458 e. The first-order valence-electron chi connectivity index (χ1n) is 13.0. The Morgan fingerprint density at radius 2 is 1.47 bits per heavy atom. The van der Waals surface area contributed by atoms with E-state index in [1.165, 1.54) is 0 Å². The fourth-order valence-corrected chi connectivity index (χ4v) is 5.28. The molecule has 1 N–H and O–H groups in total. The number of nitrogens with zero attached hydrogens (tertiary/aromatic N) is 1. The molecule has 3 aromatic carbocycles. The molecular weight excluding hydrogens is 484 g/mol. The lowest BCUT2D eigenvalue weighted by Crippen LogP contribution is -2.45. The summed E-state index contributed by atoms with van der Waals surface area (Å²) < 4.78 is 30.7. The van der Waals surface area contributed by atoms with Crippen LogP contribution in [-0.4, -0.2) is 48.5 Å². The van der Waals surface area contributed by atoms with E-state index in [0.717, 1.165) is 16.9 Å². The van der Waals surface area contributed by atoms with Gasteiger partial charge in [-0.2, -0.15) is 0 Å². The van der Waals surface area contributed by atoms with Crippen LogP contribution in [-0.2, 0) is 35.1 Å². The van der Waals surface area contributed by atoms with Crippen LogP contribution in [0.25, 0.3) is 0 Å². The molecular formula is C30H32N2O6. The van der Waals surface area contributed by atoms with E-state index >= 15 is 0 Å². The number of anilines is 2. The van der Waals surface area contributed by atoms with Crippen molar-refractivity contribution in [1.82, 2.24) is 5.43 Å². The number of cyclic esters (lactones) is 1. The molecule has 0 saturated carbocycles. The van der Waals surface area contributed by atoms with Crippen molar-refractivity contribution >= 4 is 17.3 Å². The Hall–Kier alpha value is -3.27. The quantitative estimate of drug-likeness (QED) is 0.347. The standard InChI is InChI=1S/C30H32N2O6/c1-30(2)37-27-26(34-19-20-12-6-3-7-13-20)25(36-29(27)38-30)24-18-23(28(33)35-24)31-32(21-14-8-4-9-15-21)22-16-10-5-11-17-22/h3-17,23-27,29,31H,18-19H2,1-2H3/t23?,24-,25+,26-,27+,29+/m0/s1. The maximum atomic E-state index is 13.1. The van der Waals surface area contributed by atoms with Gasteiger partial charge in [-0.05, 0) is 43.7 Å². The van der Waals surface area contributed by atoms with E-state index in [-0.39, 0.29) is 5.97 Å². The second kappa shape index (κ2) is 10.5. The van der Waals surface area contributed by atoms with Gasteiger partial charge in [0.1, 0.15) is 30.5 Å². The van der Waals surface area contributed by atoms with Gasteiger partial charge >= 0.3 is 5.97 Å². The highest BCUT2D eigenvalue weighted by Gasteiger charge is 2.59. The number of hydrogen-bond acceptors (Lipinski definition) is 8. The third-order valence-corrected chi connectivity index (χ3v) is 7.01. The van der Waals surface area contributed by atoms with Crippen LogP contribution in [0.15, 0.2) is 91.0 Å². The molecule has 0 spiro atoms. The number of fused-ring (bicyclic) bond motifs is 1. The minimum atomic E-state index is -0.781. The number of benzene rings is 3. The molecule has 0 bridgehead atoms. The Bertz CT molecular complexity index is 1190. The highest BCUT2D eigenvalue weighted by molar-refractivity contribution is 5.79. The van der Waals surface area contributed by atoms with Gasteiger partial charge in [-0.1, -0.05) is 66.7 Å². The number of carbonyl (C=O) groups excluding carboxylic acids is 1. The van der Waals surface area contributed by atoms with E-state index in [2.05, 4.69) is 5.43 Å². The maximum absolute atomic E-state index is 13.1. The topological polar surface area (TPSA) is 78.5 Å². The molecule has 3 aliphatic heterocycles. The summed E-state index contributed by atoms with van der Waals surface area (Å²) in [6.45, 7) is 4.10. The fourth-order valence-electron chi connectivity index (χ4n) is 5.28. The lowest BCUT2D eigenvalue weighted by atomic mass is 10.0. The van der Waals surface area contributed by atoms with Crippen LogP contribution in [0.4, 0.5) is 11.4 Å². The zero-order valence-corrected chi connectivity index (χ0v) is 21.4. The van der Waals surface area contributed by atoms with Crippen molar-refractivity contribution < 1.29 is 28.5 Å². The number of hydrogen-bond donors (Lipinski definition) is 1. The van der Waals surface area contributed by atoms with Gasteiger partial charge in [0.25, 0.3) is 0 Å². The van der Waals surface area contributed by atoms with Crippen LogP contribution in [0, 0.1) is 0 Å². The van der Waals surface area contributed by atoms with E-state index in [9.17, 15) is 4.79 Å². The Balaban J connectivity index is 1.20. The molecule has 6 atom stereocenters.